The molecule has 0 radical (unpaired) electrons. The molecule has 0 atom stereocenters. The number of amides is 1. The van der Waals surface area contributed by atoms with E-state index in [1.165, 1.54) is 10.6 Å². The third kappa shape index (κ3) is 3.17. The second kappa shape index (κ2) is 5.66. The molecule has 1 saturated carbocycles. The van der Waals surface area contributed by atoms with Gasteiger partial charge in [-0.05, 0) is 31.2 Å². The summed E-state index contributed by atoms with van der Waals surface area (Å²) in [7, 11) is -3.14. The average molecular weight is 322 g/mol. The normalized spacial score (nSPS) is 22.2. The van der Waals surface area contributed by atoms with Gasteiger partial charge in [-0.15, -0.1) is 0 Å². The van der Waals surface area contributed by atoms with E-state index in [1.54, 1.807) is 0 Å². The van der Waals surface area contributed by atoms with E-state index in [9.17, 15) is 13.2 Å². The van der Waals surface area contributed by atoms with Crippen molar-refractivity contribution in [1.29, 1.82) is 0 Å². The Morgan fingerprint density at radius 2 is 1.77 bits per heavy atom. The minimum atomic E-state index is -3.14. The number of nitrogens with one attached hydrogen (secondary N) is 1. The third-order valence-corrected chi connectivity index (χ3v) is 6.04. The molecule has 3 rings (SSSR count). The molecule has 1 heterocycles. The fourth-order valence-electron chi connectivity index (χ4n) is 3.16. The molecule has 1 N–H and O–H groups in total. The number of carbonyl (C=O) groups excluding carboxylic acids is 1. The summed E-state index contributed by atoms with van der Waals surface area (Å²) >= 11 is 0. The van der Waals surface area contributed by atoms with Crippen LogP contribution in [-0.4, -0.2) is 38.0 Å². The molecule has 1 aliphatic carbocycles. The molecule has 0 bridgehead atoms. The molecular formula is C16H22N2O3S. The highest BCUT2D eigenvalue weighted by atomic mass is 32.2. The van der Waals surface area contributed by atoms with Crippen LogP contribution in [0.2, 0.25) is 0 Å². The van der Waals surface area contributed by atoms with E-state index >= 15 is 0 Å². The zero-order valence-corrected chi connectivity index (χ0v) is 13.6. The van der Waals surface area contributed by atoms with Crippen molar-refractivity contribution in [3.63, 3.8) is 0 Å². The number of nitrogens with zero attached hydrogens (tertiary/aromatic N) is 1. The Bertz CT molecular complexity index is 645. The molecule has 0 spiro atoms. The van der Waals surface area contributed by atoms with Crippen molar-refractivity contribution in [2.45, 2.75) is 31.2 Å². The Morgan fingerprint density at radius 1 is 1.18 bits per heavy atom. The molecule has 120 valence electrons. The molecule has 2 aliphatic rings. The van der Waals surface area contributed by atoms with Gasteiger partial charge >= 0.3 is 0 Å². The molecule has 6 heteroatoms. The fraction of sp³-hybridized carbons (Fsp3) is 0.562. The molecule has 1 aliphatic heterocycles. The topological polar surface area (TPSA) is 66.5 Å². The van der Waals surface area contributed by atoms with E-state index < -0.39 is 10.0 Å². The lowest BCUT2D eigenvalue weighted by Gasteiger charge is -2.30. The van der Waals surface area contributed by atoms with E-state index in [0.29, 0.717) is 25.9 Å². The molecular weight excluding hydrogens is 300 g/mol. The average Bonchev–Trinajstić information content (AvgIpc) is 3.28. The molecule has 1 saturated heterocycles. The van der Waals surface area contributed by atoms with Gasteiger partial charge < -0.3 is 5.32 Å². The predicted molar refractivity (Wildman–Crippen MR) is 84.6 cm³/mol. The highest BCUT2D eigenvalue weighted by molar-refractivity contribution is 7.88. The Labute approximate surface area is 131 Å². The van der Waals surface area contributed by atoms with Gasteiger partial charge in [0.2, 0.25) is 15.9 Å². The van der Waals surface area contributed by atoms with Crippen LogP contribution in [0.4, 0.5) is 0 Å². The van der Waals surface area contributed by atoms with Crippen molar-refractivity contribution in [3.8, 4) is 0 Å². The number of sulfonamides is 1. The van der Waals surface area contributed by atoms with Gasteiger partial charge in [-0.1, -0.05) is 30.3 Å². The summed E-state index contributed by atoms with van der Waals surface area (Å²) in [5, 5.41) is 3.20. The standard InChI is InChI=1S/C16H22N2O3S/c1-22(20,21)18-11-7-13(8-12-18)15(19)17-16(9-10-16)14-5-3-2-4-6-14/h2-6,13H,7-12H2,1H3,(H,17,19). The number of hydrogen-bond acceptors (Lipinski definition) is 3. The summed E-state index contributed by atoms with van der Waals surface area (Å²) in [6.45, 7) is 0.879. The quantitative estimate of drug-likeness (QED) is 0.913. The van der Waals surface area contributed by atoms with E-state index in [0.717, 1.165) is 18.4 Å². The molecule has 0 aromatic heterocycles. The summed E-state index contributed by atoms with van der Waals surface area (Å²) in [6, 6.07) is 10.1. The van der Waals surface area contributed by atoms with Crippen molar-refractivity contribution in [1.82, 2.24) is 9.62 Å². The van der Waals surface area contributed by atoms with Gasteiger partial charge in [0.15, 0.2) is 0 Å². The summed E-state index contributed by atoms with van der Waals surface area (Å²) in [4.78, 5) is 12.5. The lowest BCUT2D eigenvalue weighted by molar-refractivity contribution is -0.127. The van der Waals surface area contributed by atoms with Crippen LogP contribution in [0.15, 0.2) is 30.3 Å². The minimum absolute atomic E-state index is 0.0644. The molecule has 5 nitrogen and oxygen atoms in total. The smallest absolute Gasteiger partial charge is 0.223 e. The van der Waals surface area contributed by atoms with Gasteiger partial charge in [-0.3, -0.25) is 4.79 Å². The second-order valence-corrected chi connectivity index (χ2v) is 8.36. The van der Waals surface area contributed by atoms with Crippen molar-refractivity contribution in [2.24, 2.45) is 5.92 Å². The van der Waals surface area contributed by atoms with Gasteiger partial charge in [0.25, 0.3) is 0 Å². The molecule has 22 heavy (non-hydrogen) atoms. The van der Waals surface area contributed by atoms with Crippen molar-refractivity contribution < 1.29 is 13.2 Å². The molecule has 1 aromatic carbocycles. The van der Waals surface area contributed by atoms with Crippen LogP contribution in [0.5, 0.6) is 0 Å². The van der Waals surface area contributed by atoms with E-state index in [1.807, 2.05) is 18.2 Å². The predicted octanol–water partition coefficient (Wildman–Crippen LogP) is 1.46. The summed E-state index contributed by atoms with van der Waals surface area (Å²) in [5.41, 5.74) is 0.976. The largest absolute Gasteiger partial charge is 0.346 e. The maximum atomic E-state index is 12.5. The SMILES string of the molecule is CS(=O)(=O)N1CCC(C(=O)NC2(c3ccccc3)CC2)CC1. The van der Waals surface area contributed by atoms with Crippen LogP contribution >= 0.6 is 0 Å². The van der Waals surface area contributed by atoms with Crippen LogP contribution in [0.1, 0.15) is 31.2 Å². The minimum Gasteiger partial charge on any atom is -0.346 e. The first-order chi connectivity index (χ1) is 10.4. The fourth-order valence-corrected chi connectivity index (χ4v) is 4.03. The van der Waals surface area contributed by atoms with Gasteiger partial charge in [0.1, 0.15) is 0 Å². The molecule has 1 aromatic rings. The molecule has 2 fully saturated rings. The Balaban J connectivity index is 1.60. The van der Waals surface area contributed by atoms with Gasteiger partial charge in [0.05, 0.1) is 11.8 Å². The summed E-state index contributed by atoms with van der Waals surface area (Å²) in [5.74, 6) is -0.0197. The lowest BCUT2D eigenvalue weighted by atomic mass is 9.95. The number of carbonyl (C=O) groups is 1. The Hall–Kier alpha value is -1.40. The highest BCUT2D eigenvalue weighted by Gasteiger charge is 2.46. The first kappa shape index (κ1) is 15.5. The second-order valence-electron chi connectivity index (χ2n) is 6.37. The van der Waals surface area contributed by atoms with Gasteiger partial charge in [-0.25, -0.2) is 12.7 Å². The van der Waals surface area contributed by atoms with Crippen molar-refractivity contribution >= 4 is 15.9 Å². The van der Waals surface area contributed by atoms with Crippen LogP contribution in [0.3, 0.4) is 0 Å². The van der Waals surface area contributed by atoms with E-state index in [-0.39, 0.29) is 17.4 Å². The molecule has 0 unspecified atom stereocenters. The van der Waals surface area contributed by atoms with Gasteiger partial charge in [0, 0.05) is 19.0 Å². The number of benzene rings is 1. The molecule has 1 amide bonds. The Kier molecular flexibility index (Phi) is 3.99. The van der Waals surface area contributed by atoms with Crippen LogP contribution < -0.4 is 5.32 Å². The van der Waals surface area contributed by atoms with Crippen LogP contribution in [0, 0.1) is 5.92 Å². The zero-order chi connectivity index (χ0) is 15.8. The summed E-state index contributed by atoms with van der Waals surface area (Å²) < 4.78 is 24.5. The first-order valence-corrected chi connectivity index (χ1v) is 9.58. The van der Waals surface area contributed by atoms with E-state index in [2.05, 4.69) is 17.4 Å². The van der Waals surface area contributed by atoms with Crippen LogP contribution in [-0.2, 0) is 20.4 Å². The number of hydrogen-bond donors (Lipinski definition) is 1. The number of rotatable bonds is 4. The summed E-state index contributed by atoms with van der Waals surface area (Å²) in [6.07, 6.45) is 4.38. The third-order valence-electron chi connectivity index (χ3n) is 4.73. The van der Waals surface area contributed by atoms with E-state index in [4.69, 9.17) is 0 Å². The Morgan fingerprint density at radius 3 is 2.27 bits per heavy atom. The zero-order valence-electron chi connectivity index (χ0n) is 12.8. The number of piperidine rings is 1. The maximum Gasteiger partial charge on any atom is 0.223 e. The van der Waals surface area contributed by atoms with Gasteiger partial charge in [-0.2, -0.15) is 0 Å². The van der Waals surface area contributed by atoms with Crippen molar-refractivity contribution in [3.05, 3.63) is 35.9 Å². The van der Waals surface area contributed by atoms with Crippen molar-refractivity contribution in [2.75, 3.05) is 19.3 Å². The van der Waals surface area contributed by atoms with Crippen LogP contribution in [0.25, 0.3) is 0 Å². The first-order valence-electron chi connectivity index (χ1n) is 7.73. The monoisotopic (exact) mass is 322 g/mol. The lowest BCUT2D eigenvalue weighted by Crippen LogP contribution is -2.45. The highest BCUT2D eigenvalue weighted by Crippen LogP contribution is 2.45. The maximum absolute atomic E-state index is 12.5.